The molecule has 6 heteroatoms. The summed E-state index contributed by atoms with van der Waals surface area (Å²) in [6.45, 7) is 10.7. The van der Waals surface area contributed by atoms with Gasteiger partial charge in [0.15, 0.2) is 0 Å². The van der Waals surface area contributed by atoms with Gasteiger partial charge in [-0.3, -0.25) is 14.5 Å². The fourth-order valence-corrected chi connectivity index (χ4v) is 4.58. The number of fused-ring (bicyclic) bond motifs is 1. The number of piperidine rings is 1. The van der Waals surface area contributed by atoms with Crippen LogP contribution in [-0.4, -0.2) is 52.9 Å². The number of nitrogens with one attached hydrogen (secondary N) is 1. The smallest absolute Gasteiger partial charge is 0.255 e. The molecule has 0 aromatic heterocycles. The van der Waals surface area contributed by atoms with Crippen LogP contribution in [0.5, 0.6) is 5.75 Å². The minimum absolute atomic E-state index is 0.0705. The molecule has 1 aromatic carbocycles. The molecule has 28 heavy (non-hydrogen) atoms. The fraction of sp³-hybridized carbons (Fsp3) is 0.545. The first kappa shape index (κ1) is 19.0. The third-order valence-electron chi connectivity index (χ3n) is 6.35. The molecule has 4 rings (SSSR count). The van der Waals surface area contributed by atoms with Crippen LogP contribution in [0.1, 0.15) is 55.5 Å². The zero-order valence-electron chi connectivity index (χ0n) is 16.7. The standard InChI is InChI=1S/C22H29N3O3/c1-4-24(5-2)18-10-11-20(18)28-16-7-8-17-15(12-16)13-25(22(17)27)19-9-6-14(3)23-21(19)26/h7-8,12,18-20H,3-6,9-11,13H2,1-2H3,(H,23,26). The molecule has 1 aliphatic carbocycles. The van der Waals surface area contributed by atoms with Crippen molar-refractivity contribution in [1.82, 2.24) is 15.1 Å². The van der Waals surface area contributed by atoms with E-state index in [1.165, 1.54) is 6.42 Å². The number of likely N-dealkylation sites (N-methyl/N-ethyl adjacent to an activating group) is 1. The van der Waals surface area contributed by atoms with Crippen molar-refractivity contribution in [2.24, 2.45) is 0 Å². The van der Waals surface area contributed by atoms with Crippen molar-refractivity contribution in [3.8, 4) is 5.75 Å². The predicted octanol–water partition coefficient (Wildman–Crippen LogP) is 2.69. The van der Waals surface area contributed by atoms with Crippen molar-refractivity contribution in [2.45, 2.75) is 64.3 Å². The summed E-state index contributed by atoms with van der Waals surface area (Å²) in [5.74, 6) is 0.612. The summed E-state index contributed by atoms with van der Waals surface area (Å²) >= 11 is 0. The van der Waals surface area contributed by atoms with Crippen molar-refractivity contribution < 1.29 is 14.3 Å². The van der Waals surface area contributed by atoms with Crippen molar-refractivity contribution in [1.29, 1.82) is 0 Å². The highest BCUT2D eigenvalue weighted by atomic mass is 16.5. The van der Waals surface area contributed by atoms with Crippen molar-refractivity contribution in [3.63, 3.8) is 0 Å². The van der Waals surface area contributed by atoms with E-state index in [9.17, 15) is 9.59 Å². The van der Waals surface area contributed by atoms with E-state index in [0.29, 0.717) is 31.0 Å². The Morgan fingerprint density at radius 3 is 2.64 bits per heavy atom. The highest BCUT2D eigenvalue weighted by Crippen LogP contribution is 2.34. The second kappa shape index (κ2) is 7.59. The van der Waals surface area contributed by atoms with Gasteiger partial charge in [-0.05, 0) is 62.5 Å². The van der Waals surface area contributed by atoms with E-state index in [1.807, 2.05) is 18.2 Å². The molecule has 2 heterocycles. The molecule has 1 saturated carbocycles. The number of hydrogen-bond acceptors (Lipinski definition) is 4. The van der Waals surface area contributed by atoms with Gasteiger partial charge in [-0.15, -0.1) is 0 Å². The molecule has 0 spiro atoms. The molecular weight excluding hydrogens is 354 g/mol. The molecule has 3 unspecified atom stereocenters. The van der Waals surface area contributed by atoms with Gasteiger partial charge in [-0.25, -0.2) is 0 Å². The molecule has 3 atom stereocenters. The fourth-order valence-electron chi connectivity index (χ4n) is 4.58. The summed E-state index contributed by atoms with van der Waals surface area (Å²) in [6.07, 6.45) is 3.78. The Morgan fingerprint density at radius 1 is 1.21 bits per heavy atom. The molecular formula is C22H29N3O3. The van der Waals surface area contributed by atoms with Crippen LogP contribution in [0.3, 0.4) is 0 Å². The molecule has 1 aromatic rings. The van der Waals surface area contributed by atoms with E-state index < -0.39 is 6.04 Å². The van der Waals surface area contributed by atoms with Gasteiger partial charge in [0, 0.05) is 23.8 Å². The lowest BCUT2D eigenvalue weighted by molar-refractivity contribution is -0.126. The molecule has 1 saturated heterocycles. The summed E-state index contributed by atoms with van der Waals surface area (Å²) in [5, 5.41) is 2.78. The Bertz CT molecular complexity index is 802. The zero-order valence-corrected chi connectivity index (χ0v) is 16.7. The van der Waals surface area contributed by atoms with Gasteiger partial charge in [-0.1, -0.05) is 20.4 Å². The highest BCUT2D eigenvalue weighted by Gasteiger charge is 2.39. The lowest BCUT2D eigenvalue weighted by Gasteiger charge is -2.43. The zero-order chi connectivity index (χ0) is 19.8. The van der Waals surface area contributed by atoms with Gasteiger partial charge in [0.2, 0.25) is 5.91 Å². The topological polar surface area (TPSA) is 61.9 Å². The van der Waals surface area contributed by atoms with Gasteiger partial charge in [-0.2, -0.15) is 0 Å². The van der Waals surface area contributed by atoms with Gasteiger partial charge in [0.25, 0.3) is 5.91 Å². The van der Waals surface area contributed by atoms with Crippen LogP contribution in [0.25, 0.3) is 0 Å². The summed E-state index contributed by atoms with van der Waals surface area (Å²) in [7, 11) is 0. The molecule has 1 N–H and O–H groups in total. The quantitative estimate of drug-likeness (QED) is 0.820. The molecule has 2 amide bonds. The van der Waals surface area contributed by atoms with Gasteiger partial charge >= 0.3 is 0 Å². The van der Waals surface area contributed by atoms with E-state index in [2.05, 4.69) is 30.6 Å². The first-order chi connectivity index (χ1) is 13.5. The van der Waals surface area contributed by atoms with Gasteiger partial charge in [0.05, 0.1) is 0 Å². The Hall–Kier alpha value is -2.34. The molecule has 2 fully saturated rings. The lowest BCUT2D eigenvalue weighted by atomic mass is 9.87. The molecule has 2 aliphatic heterocycles. The van der Waals surface area contributed by atoms with Gasteiger partial charge in [0.1, 0.15) is 17.9 Å². The summed E-state index contributed by atoms with van der Waals surface area (Å²) in [4.78, 5) is 29.3. The largest absolute Gasteiger partial charge is 0.489 e. The normalized spacial score (nSPS) is 26.9. The lowest BCUT2D eigenvalue weighted by Crippen LogP contribution is -2.53. The summed E-state index contributed by atoms with van der Waals surface area (Å²) in [6, 6.07) is 5.76. The first-order valence-corrected chi connectivity index (χ1v) is 10.3. The first-order valence-electron chi connectivity index (χ1n) is 10.3. The van der Waals surface area contributed by atoms with Crippen LogP contribution in [0.2, 0.25) is 0 Å². The number of allylic oxidation sites excluding steroid dienone is 1. The summed E-state index contributed by atoms with van der Waals surface area (Å²) in [5.41, 5.74) is 2.35. The Labute approximate surface area is 166 Å². The molecule has 0 radical (unpaired) electrons. The van der Waals surface area contributed by atoms with Gasteiger partial charge < -0.3 is 15.0 Å². The number of carbonyl (C=O) groups excluding carboxylic acids is 2. The average Bonchev–Trinajstić information content (AvgIpc) is 2.99. The van der Waals surface area contributed by atoms with Crippen LogP contribution < -0.4 is 10.1 Å². The highest BCUT2D eigenvalue weighted by molar-refractivity contribution is 6.01. The number of rotatable bonds is 6. The van der Waals surface area contributed by atoms with Crippen molar-refractivity contribution in [2.75, 3.05) is 13.1 Å². The maximum atomic E-state index is 12.8. The van der Waals surface area contributed by atoms with Crippen LogP contribution >= 0.6 is 0 Å². The Kier molecular flexibility index (Phi) is 5.15. The molecule has 150 valence electrons. The number of ether oxygens (including phenoxy) is 1. The minimum Gasteiger partial charge on any atom is -0.489 e. The molecule has 0 bridgehead atoms. The minimum atomic E-state index is -0.423. The van der Waals surface area contributed by atoms with E-state index in [0.717, 1.165) is 36.5 Å². The summed E-state index contributed by atoms with van der Waals surface area (Å²) < 4.78 is 6.26. The SMILES string of the molecule is C=C1CCC(N2Cc3cc(OC4CCC4N(CC)CC)ccc3C2=O)C(=O)N1. The van der Waals surface area contributed by atoms with Crippen molar-refractivity contribution >= 4 is 11.8 Å². The number of carbonyl (C=O) groups is 2. The number of nitrogens with zero attached hydrogens (tertiary/aromatic N) is 2. The maximum Gasteiger partial charge on any atom is 0.255 e. The van der Waals surface area contributed by atoms with Crippen LogP contribution in [-0.2, 0) is 11.3 Å². The van der Waals surface area contributed by atoms with Crippen LogP contribution in [0, 0.1) is 0 Å². The third kappa shape index (κ3) is 3.30. The predicted molar refractivity (Wildman–Crippen MR) is 107 cm³/mol. The molecule has 3 aliphatic rings. The number of amides is 2. The molecule has 6 nitrogen and oxygen atoms in total. The number of benzene rings is 1. The van der Waals surface area contributed by atoms with Crippen LogP contribution in [0.15, 0.2) is 30.5 Å². The monoisotopic (exact) mass is 383 g/mol. The average molecular weight is 383 g/mol. The van der Waals surface area contributed by atoms with E-state index in [-0.39, 0.29) is 17.9 Å². The third-order valence-corrected chi connectivity index (χ3v) is 6.35. The maximum absolute atomic E-state index is 12.8. The van der Waals surface area contributed by atoms with E-state index in [1.54, 1.807) is 4.90 Å². The van der Waals surface area contributed by atoms with Crippen LogP contribution in [0.4, 0.5) is 0 Å². The second-order valence-corrected chi connectivity index (χ2v) is 7.92. The van der Waals surface area contributed by atoms with E-state index in [4.69, 9.17) is 4.74 Å². The Morgan fingerprint density at radius 2 is 2.00 bits per heavy atom. The van der Waals surface area contributed by atoms with Crippen molar-refractivity contribution in [3.05, 3.63) is 41.6 Å². The van der Waals surface area contributed by atoms with E-state index >= 15 is 0 Å². The second-order valence-electron chi connectivity index (χ2n) is 7.92. The number of hydrogen-bond donors (Lipinski definition) is 1. The Balaban J connectivity index is 1.45.